The van der Waals surface area contributed by atoms with Gasteiger partial charge in [0.05, 0.1) is 6.61 Å². The van der Waals surface area contributed by atoms with Crippen molar-refractivity contribution in [1.82, 2.24) is 5.32 Å². The van der Waals surface area contributed by atoms with Gasteiger partial charge in [-0.15, -0.1) is 0 Å². The maximum atomic E-state index is 12.1. The molecule has 1 aromatic carbocycles. The van der Waals surface area contributed by atoms with Crippen LogP contribution in [0.3, 0.4) is 0 Å². The van der Waals surface area contributed by atoms with Crippen molar-refractivity contribution in [3.63, 3.8) is 0 Å². The molecule has 1 atom stereocenters. The topological polar surface area (TPSA) is 58.6 Å². The van der Waals surface area contributed by atoms with E-state index in [0.717, 1.165) is 17.3 Å². The van der Waals surface area contributed by atoms with Crippen molar-refractivity contribution in [3.8, 4) is 5.75 Å². The van der Waals surface area contributed by atoms with Crippen LogP contribution in [0.4, 0.5) is 0 Å². The number of benzene rings is 1. The van der Waals surface area contributed by atoms with E-state index in [4.69, 9.17) is 4.74 Å². The van der Waals surface area contributed by atoms with Crippen molar-refractivity contribution in [2.45, 2.75) is 39.7 Å². The van der Waals surface area contributed by atoms with E-state index in [1.54, 1.807) is 6.92 Å². The highest BCUT2D eigenvalue weighted by atomic mass is 79.9. The molecule has 0 aliphatic rings. The lowest BCUT2D eigenvalue weighted by atomic mass is 9.83. The smallest absolute Gasteiger partial charge is 0.260 e. The molecule has 0 heterocycles. The van der Waals surface area contributed by atoms with Gasteiger partial charge in [-0.2, -0.15) is 0 Å². The predicted molar refractivity (Wildman–Crippen MR) is 87.3 cm³/mol. The van der Waals surface area contributed by atoms with E-state index in [1.807, 2.05) is 38.1 Å². The molecule has 0 fully saturated rings. The van der Waals surface area contributed by atoms with E-state index < -0.39 is 6.10 Å². The van der Waals surface area contributed by atoms with Crippen LogP contribution in [0.5, 0.6) is 5.75 Å². The monoisotopic (exact) mass is 357 g/mol. The number of ether oxygens (including phenoxy) is 1. The lowest BCUT2D eigenvalue weighted by Crippen LogP contribution is -2.44. The zero-order valence-electron chi connectivity index (χ0n) is 12.9. The van der Waals surface area contributed by atoms with Crippen molar-refractivity contribution in [3.05, 3.63) is 28.7 Å². The number of nitrogens with one attached hydrogen (secondary N) is 1. The Morgan fingerprint density at radius 3 is 2.38 bits per heavy atom. The summed E-state index contributed by atoms with van der Waals surface area (Å²) in [5.74, 6) is 0.484. The molecule has 0 aliphatic heterocycles. The third kappa shape index (κ3) is 5.32. The summed E-state index contributed by atoms with van der Waals surface area (Å²) in [5.41, 5.74) is -0.243. The molecule has 21 heavy (non-hydrogen) atoms. The average molecular weight is 358 g/mol. The van der Waals surface area contributed by atoms with Gasteiger partial charge in [-0.25, -0.2) is 0 Å². The van der Waals surface area contributed by atoms with Crippen molar-refractivity contribution in [1.29, 1.82) is 0 Å². The zero-order chi connectivity index (χ0) is 15.9. The molecule has 1 aromatic rings. The van der Waals surface area contributed by atoms with Crippen LogP contribution >= 0.6 is 15.9 Å². The third-order valence-electron chi connectivity index (χ3n) is 3.97. The van der Waals surface area contributed by atoms with Gasteiger partial charge in [-0.3, -0.25) is 4.79 Å². The number of hydrogen-bond donors (Lipinski definition) is 2. The van der Waals surface area contributed by atoms with Crippen LogP contribution in [-0.2, 0) is 4.79 Å². The fourth-order valence-electron chi connectivity index (χ4n) is 1.97. The minimum absolute atomic E-state index is 0.0717. The number of carbonyl (C=O) groups excluding carboxylic acids is 1. The fourth-order valence-corrected chi connectivity index (χ4v) is 2.23. The Morgan fingerprint density at radius 1 is 1.33 bits per heavy atom. The first kappa shape index (κ1) is 18.0. The van der Waals surface area contributed by atoms with E-state index >= 15 is 0 Å². The van der Waals surface area contributed by atoms with Crippen molar-refractivity contribution in [2.75, 3.05) is 13.2 Å². The normalized spacial score (nSPS) is 12.8. The Labute approximate surface area is 135 Å². The van der Waals surface area contributed by atoms with Crippen LogP contribution in [0.15, 0.2) is 28.7 Å². The summed E-state index contributed by atoms with van der Waals surface area (Å²) < 4.78 is 6.57. The first-order valence-electron chi connectivity index (χ1n) is 7.27. The molecule has 0 radical (unpaired) electrons. The summed E-state index contributed by atoms with van der Waals surface area (Å²) in [4.78, 5) is 12.1. The molecule has 0 spiro atoms. The number of halogens is 1. The third-order valence-corrected chi connectivity index (χ3v) is 4.50. The molecule has 0 bridgehead atoms. The van der Waals surface area contributed by atoms with Crippen LogP contribution in [0, 0.1) is 5.41 Å². The molecule has 5 heteroatoms. The zero-order valence-corrected chi connectivity index (χ0v) is 14.4. The van der Waals surface area contributed by atoms with Crippen LogP contribution in [0.25, 0.3) is 0 Å². The van der Waals surface area contributed by atoms with E-state index in [9.17, 15) is 9.90 Å². The van der Waals surface area contributed by atoms with Gasteiger partial charge in [-0.1, -0.05) is 29.8 Å². The Balaban J connectivity index is 2.53. The van der Waals surface area contributed by atoms with Crippen LogP contribution in [0.1, 0.15) is 33.6 Å². The van der Waals surface area contributed by atoms with Gasteiger partial charge in [-0.05, 0) is 44.0 Å². The first-order chi connectivity index (χ1) is 9.96. The highest BCUT2D eigenvalue weighted by Gasteiger charge is 2.27. The second-order valence-corrected chi connectivity index (χ2v) is 6.21. The SMILES string of the molecule is CCC(CC)(CO)CNC(=O)C(C)Oc1ccc(Br)cc1. The number of amides is 1. The second-order valence-electron chi connectivity index (χ2n) is 5.30. The minimum Gasteiger partial charge on any atom is -0.481 e. The summed E-state index contributed by atoms with van der Waals surface area (Å²) in [6, 6.07) is 7.35. The standard InChI is InChI=1S/C16H24BrNO3/c1-4-16(5-2,11-19)10-18-15(20)12(3)21-14-8-6-13(17)7-9-14/h6-9,12,19H,4-5,10-11H2,1-3H3,(H,18,20). The number of rotatable bonds is 8. The summed E-state index contributed by atoms with van der Waals surface area (Å²) in [6.07, 6.45) is 1.07. The maximum Gasteiger partial charge on any atom is 0.260 e. The Morgan fingerprint density at radius 2 is 1.90 bits per heavy atom. The van der Waals surface area contributed by atoms with Gasteiger partial charge in [0, 0.05) is 16.4 Å². The van der Waals surface area contributed by atoms with Crippen molar-refractivity contribution in [2.24, 2.45) is 5.41 Å². The lowest BCUT2D eigenvalue weighted by Gasteiger charge is -2.30. The Hall–Kier alpha value is -1.07. The highest BCUT2D eigenvalue weighted by molar-refractivity contribution is 9.10. The second kappa shape index (κ2) is 8.39. The molecule has 0 aromatic heterocycles. The van der Waals surface area contributed by atoms with Gasteiger partial charge < -0.3 is 15.2 Å². The van der Waals surface area contributed by atoms with E-state index in [-0.39, 0.29) is 17.9 Å². The lowest BCUT2D eigenvalue weighted by molar-refractivity contribution is -0.128. The molecule has 4 nitrogen and oxygen atoms in total. The van der Waals surface area contributed by atoms with Gasteiger partial charge in [0.25, 0.3) is 5.91 Å². The number of carbonyl (C=O) groups is 1. The number of aliphatic hydroxyl groups is 1. The molecule has 118 valence electrons. The number of hydrogen-bond acceptors (Lipinski definition) is 3. The van der Waals surface area contributed by atoms with Crippen LogP contribution in [0.2, 0.25) is 0 Å². The van der Waals surface area contributed by atoms with E-state index in [2.05, 4.69) is 21.2 Å². The molecule has 0 saturated heterocycles. The molecular weight excluding hydrogens is 334 g/mol. The van der Waals surface area contributed by atoms with Gasteiger partial charge in [0.2, 0.25) is 0 Å². The van der Waals surface area contributed by atoms with Gasteiger partial charge in [0.15, 0.2) is 6.10 Å². The van der Waals surface area contributed by atoms with Gasteiger partial charge >= 0.3 is 0 Å². The summed E-state index contributed by atoms with van der Waals surface area (Å²) in [7, 11) is 0. The van der Waals surface area contributed by atoms with E-state index in [1.165, 1.54) is 0 Å². The molecule has 2 N–H and O–H groups in total. The number of aliphatic hydroxyl groups excluding tert-OH is 1. The summed E-state index contributed by atoms with van der Waals surface area (Å²) in [6.45, 7) is 6.29. The largest absolute Gasteiger partial charge is 0.481 e. The molecule has 0 saturated carbocycles. The predicted octanol–water partition coefficient (Wildman–Crippen LogP) is 3.13. The van der Waals surface area contributed by atoms with Gasteiger partial charge in [0.1, 0.15) is 5.75 Å². The van der Waals surface area contributed by atoms with Crippen LogP contribution in [-0.4, -0.2) is 30.3 Å². The molecular formula is C16H24BrNO3. The quantitative estimate of drug-likeness (QED) is 0.751. The average Bonchev–Trinajstić information content (AvgIpc) is 2.51. The van der Waals surface area contributed by atoms with E-state index in [0.29, 0.717) is 12.3 Å². The van der Waals surface area contributed by atoms with Crippen molar-refractivity contribution < 1.29 is 14.6 Å². The van der Waals surface area contributed by atoms with Crippen molar-refractivity contribution >= 4 is 21.8 Å². The molecule has 0 aliphatic carbocycles. The Bertz CT molecular complexity index is 435. The first-order valence-corrected chi connectivity index (χ1v) is 8.06. The minimum atomic E-state index is -0.573. The maximum absolute atomic E-state index is 12.1. The highest BCUT2D eigenvalue weighted by Crippen LogP contribution is 2.24. The summed E-state index contributed by atoms with van der Waals surface area (Å²) in [5, 5.41) is 12.4. The molecule has 1 rings (SSSR count). The molecule has 1 amide bonds. The molecule has 1 unspecified atom stereocenters. The summed E-state index contributed by atoms with van der Waals surface area (Å²) >= 11 is 3.35. The fraction of sp³-hybridized carbons (Fsp3) is 0.562. The Kier molecular flexibility index (Phi) is 7.18. The van der Waals surface area contributed by atoms with Crippen LogP contribution < -0.4 is 10.1 Å².